The molecular weight excluding hydrogens is 290 g/mol. The number of piperidine rings is 1. The Labute approximate surface area is 136 Å². The lowest BCUT2D eigenvalue weighted by Crippen LogP contribution is -2.39. The molecule has 0 unspecified atom stereocenters. The summed E-state index contributed by atoms with van der Waals surface area (Å²) in [6.45, 7) is 4.05. The third kappa shape index (κ3) is 3.92. The third-order valence-corrected chi connectivity index (χ3v) is 4.40. The number of carbonyl (C=O) groups excluding carboxylic acids is 1. The maximum atomic E-state index is 12.4. The quantitative estimate of drug-likeness (QED) is 0.923. The predicted octanol–water partition coefficient (Wildman–Crippen LogP) is 2.89. The highest BCUT2D eigenvalue weighted by Crippen LogP contribution is 2.25. The second-order valence-electron chi connectivity index (χ2n) is 6.05. The van der Waals surface area contributed by atoms with E-state index in [-0.39, 0.29) is 5.91 Å². The van der Waals surface area contributed by atoms with Crippen LogP contribution in [0.3, 0.4) is 0 Å². The summed E-state index contributed by atoms with van der Waals surface area (Å²) in [5.41, 5.74) is 2.22. The van der Waals surface area contributed by atoms with E-state index < -0.39 is 0 Å². The van der Waals surface area contributed by atoms with Gasteiger partial charge in [0.05, 0.1) is 13.0 Å². The van der Waals surface area contributed by atoms with Crippen molar-refractivity contribution in [3.05, 3.63) is 47.8 Å². The molecule has 0 bridgehead atoms. The number of para-hydroxylation sites is 1. The first kappa shape index (κ1) is 15.6. The molecule has 122 valence electrons. The van der Waals surface area contributed by atoms with Gasteiger partial charge in [0.15, 0.2) is 0 Å². The van der Waals surface area contributed by atoms with Gasteiger partial charge >= 0.3 is 0 Å². The minimum absolute atomic E-state index is 0.169. The Kier molecular flexibility index (Phi) is 4.95. The fourth-order valence-corrected chi connectivity index (χ4v) is 3.08. The van der Waals surface area contributed by atoms with Crippen molar-refractivity contribution in [1.29, 1.82) is 0 Å². The first-order chi connectivity index (χ1) is 11.2. The molecule has 2 heterocycles. The zero-order chi connectivity index (χ0) is 16.1. The highest BCUT2D eigenvalue weighted by molar-refractivity contribution is 5.76. The van der Waals surface area contributed by atoms with E-state index in [0.29, 0.717) is 18.9 Å². The fourth-order valence-electron chi connectivity index (χ4n) is 3.08. The SMILES string of the molecule is Cc1ccccc1OCCC(=O)N1CCC[C@H](c2ccn[nH]2)C1. The minimum Gasteiger partial charge on any atom is -0.493 e. The van der Waals surface area contributed by atoms with Crippen LogP contribution in [0.1, 0.15) is 36.4 Å². The lowest BCUT2D eigenvalue weighted by Gasteiger charge is -2.32. The average Bonchev–Trinajstić information content (AvgIpc) is 3.11. The summed E-state index contributed by atoms with van der Waals surface area (Å²) in [6.07, 6.45) is 4.33. The Morgan fingerprint density at radius 2 is 2.26 bits per heavy atom. The number of benzene rings is 1. The maximum Gasteiger partial charge on any atom is 0.226 e. The molecule has 1 fully saturated rings. The molecule has 1 saturated heterocycles. The summed E-state index contributed by atoms with van der Waals surface area (Å²) in [5.74, 6) is 1.39. The lowest BCUT2D eigenvalue weighted by atomic mass is 9.95. The molecule has 2 aromatic rings. The van der Waals surface area contributed by atoms with E-state index in [4.69, 9.17) is 4.74 Å². The van der Waals surface area contributed by atoms with Crippen LogP contribution in [-0.4, -0.2) is 40.7 Å². The zero-order valence-corrected chi connectivity index (χ0v) is 13.5. The van der Waals surface area contributed by atoms with Crippen molar-refractivity contribution in [3.8, 4) is 5.75 Å². The maximum absolute atomic E-state index is 12.4. The van der Waals surface area contributed by atoms with Crippen LogP contribution in [-0.2, 0) is 4.79 Å². The molecule has 0 saturated carbocycles. The summed E-state index contributed by atoms with van der Waals surface area (Å²) in [4.78, 5) is 14.4. The number of nitrogens with zero attached hydrogens (tertiary/aromatic N) is 2. The van der Waals surface area contributed by atoms with Crippen LogP contribution >= 0.6 is 0 Å². The molecule has 0 spiro atoms. The number of amides is 1. The van der Waals surface area contributed by atoms with E-state index in [0.717, 1.165) is 42.9 Å². The Bertz CT molecular complexity index is 639. The Morgan fingerprint density at radius 3 is 3.04 bits per heavy atom. The predicted molar refractivity (Wildman–Crippen MR) is 88.4 cm³/mol. The van der Waals surface area contributed by atoms with Gasteiger partial charge in [-0.1, -0.05) is 18.2 Å². The number of hydrogen-bond donors (Lipinski definition) is 1. The zero-order valence-electron chi connectivity index (χ0n) is 13.5. The van der Waals surface area contributed by atoms with Gasteiger partial charge in [-0.15, -0.1) is 0 Å². The minimum atomic E-state index is 0.169. The van der Waals surface area contributed by atoms with Gasteiger partial charge in [0.2, 0.25) is 5.91 Å². The number of nitrogens with one attached hydrogen (secondary N) is 1. The molecule has 1 atom stereocenters. The molecule has 1 amide bonds. The van der Waals surface area contributed by atoms with E-state index in [2.05, 4.69) is 10.2 Å². The van der Waals surface area contributed by atoms with Crippen molar-refractivity contribution >= 4 is 5.91 Å². The summed E-state index contributed by atoms with van der Waals surface area (Å²) in [6, 6.07) is 9.88. The second kappa shape index (κ2) is 7.31. The molecule has 1 N–H and O–H groups in total. The number of aromatic nitrogens is 2. The first-order valence-corrected chi connectivity index (χ1v) is 8.19. The van der Waals surface area contributed by atoms with Crippen LogP contribution in [0.2, 0.25) is 0 Å². The average molecular weight is 313 g/mol. The van der Waals surface area contributed by atoms with E-state index in [9.17, 15) is 4.79 Å². The van der Waals surface area contributed by atoms with Crippen molar-refractivity contribution in [2.45, 2.75) is 32.1 Å². The van der Waals surface area contributed by atoms with Crippen LogP contribution in [0.25, 0.3) is 0 Å². The highest BCUT2D eigenvalue weighted by atomic mass is 16.5. The normalized spacial score (nSPS) is 18.0. The first-order valence-electron chi connectivity index (χ1n) is 8.19. The smallest absolute Gasteiger partial charge is 0.226 e. The van der Waals surface area contributed by atoms with E-state index in [1.807, 2.05) is 42.2 Å². The number of ether oxygens (including phenoxy) is 1. The molecular formula is C18H23N3O2. The van der Waals surface area contributed by atoms with Gasteiger partial charge < -0.3 is 9.64 Å². The van der Waals surface area contributed by atoms with Crippen LogP contribution in [0.15, 0.2) is 36.5 Å². The Morgan fingerprint density at radius 1 is 1.39 bits per heavy atom. The number of hydrogen-bond acceptors (Lipinski definition) is 3. The molecule has 1 aliphatic heterocycles. The van der Waals surface area contributed by atoms with Crippen molar-refractivity contribution in [1.82, 2.24) is 15.1 Å². The third-order valence-electron chi connectivity index (χ3n) is 4.40. The largest absolute Gasteiger partial charge is 0.493 e. The van der Waals surface area contributed by atoms with E-state index >= 15 is 0 Å². The Hall–Kier alpha value is -2.30. The van der Waals surface area contributed by atoms with Gasteiger partial charge in [0.25, 0.3) is 0 Å². The lowest BCUT2D eigenvalue weighted by molar-refractivity contribution is -0.132. The summed E-state index contributed by atoms with van der Waals surface area (Å²) in [5, 5.41) is 7.03. The van der Waals surface area contributed by atoms with Crippen LogP contribution < -0.4 is 4.74 Å². The van der Waals surface area contributed by atoms with Crippen molar-refractivity contribution in [3.63, 3.8) is 0 Å². The topological polar surface area (TPSA) is 58.2 Å². The molecule has 5 heteroatoms. The summed E-state index contributed by atoms with van der Waals surface area (Å²) < 4.78 is 5.73. The molecule has 1 aromatic heterocycles. The van der Waals surface area contributed by atoms with Gasteiger partial charge in [-0.25, -0.2) is 0 Å². The molecule has 0 aliphatic carbocycles. The van der Waals surface area contributed by atoms with E-state index in [1.165, 1.54) is 0 Å². The van der Waals surface area contributed by atoms with Crippen molar-refractivity contribution < 1.29 is 9.53 Å². The van der Waals surface area contributed by atoms with Gasteiger partial charge in [-0.2, -0.15) is 5.10 Å². The van der Waals surface area contributed by atoms with Gasteiger partial charge in [-0.05, 0) is 37.5 Å². The summed E-state index contributed by atoms with van der Waals surface area (Å²) >= 11 is 0. The standard InChI is InChI=1S/C18H23N3O2/c1-14-5-2-3-7-17(14)23-12-9-18(22)21-11-4-6-15(13-21)16-8-10-19-20-16/h2-3,5,7-8,10,15H,4,6,9,11-13H2,1H3,(H,19,20)/t15-/m0/s1. The molecule has 3 rings (SSSR count). The fraction of sp³-hybridized carbons (Fsp3) is 0.444. The van der Waals surface area contributed by atoms with Gasteiger partial charge in [0.1, 0.15) is 5.75 Å². The number of aromatic amines is 1. The number of rotatable bonds is 5. The highest BCUT2D eigenvalue weighted by Gasteiger charge is 2.25. The number of aryl methyl sites for hydroxylation is 1. The van der Waals surface area contributed by atoms with E-state index in [1.54, 1.807) is 6.20 Å². The Balaban J connectivity index is 1.49. The van der Waals surface area contributed by atoms with Crippen molar-refractivity contribution in [2.75, 3.05) is 19.7 Å². The second-order valence-corrected chi connectivity index (χ2v) is 6.05. The molecule has 5 nitrogen and oxygen atoms in total. The van der Waals surface area contributed by atoms with Crippen molar-refractivity contribution in [2.24, 2.45) is 0 Å². The van der Waals surface area contributed by atoms with Crippen LogP contribution in [0, 0.1) is 6.92 Å². The monoisotopic (exact) mass is 313 g/mol. The van der Waals surface area contributed by atoms with Gasteiger partial charge in [0, 0.05) is 30.9 Å². The van der Waals surface area contributed by atoms with Crippen LogP contribution in [0.5, 0.6) is 5.75 Å². The van der Waals surface area contributed by atoms with Gasteiger partial charge in [-0.3, -0.25) is 9.89 Å². The number of carbonyl (C=O) groups is 1. The molecule has 1 aromatic carbocycles. The molecule has 1 aliphatic rings. The molecule has 0 radical (unpaired) electrons. The number of H-pyrrole nitrogens is 1. The molecule has 23 heavy (non-hydrogen) atoms. The summed E-state index contributed by atoms with van der Waals surface area (Å²) in [7, 11) is 0. The number of likely N-dealkylation sites (tertiary alicyclic amines) is 1. The van der Waals surface area contributed by atoms with Crippen LogP contribution in [0.4, 0.5) is 0 Å².